The molecule has 124 valence electrons. The van der Waals surface area contributed by atoms with Crippen molar-refractivity contribution in [2.75, 3.05) is 12.4 Å². The second-order valence-electron chi connectivity index (χ2n) is 4.87. The summed E-state index contributed by atoms with van der Waals surface area (Å²) in [6.07, 6.45) is 2.49. The average Bonchev–Trinajstić information content (AvgIpc) is 2.65. The molecule has 1 aliphatic heterocycles. The third-order valence-corrected chi connectivity index (χ3v) is 4.16. The van der Waals surface area contributed by atoms with E-state index in [1.54, 1.807) is 42.7 Å². The van der Waals surface area contributed by atoms with Gasteiger partial charge in [-0.15, -0.1) is 11.8 Å². The number of carbonyl (C=O) groups excluding carboxylic acids is 2. The molecule has 0 aliphatic carbocycles. The zero-order valence-corrected chi connectivity index (χ0v) is 13.4. The molecule has 0 spiro atoms. The van der Waals surface area contributed by atoms with E-state index >= 15 is 0 Å². The molecule has 2 aromatic rings. The quantitative estimate of drug-likeness (QED) is 0.638. The number of rotatable bonds is 4. The number of aromatic nitrogens is 1. The second-order valence-corrected chi connectivity index (χ2v) is 5.92. The Labute approximate surface area is 142 Å². The number of nitrogens with one attached hydrogen (secondary N) is 2. The van der Waals surface area contributed by atoms with E-state index in [0.717, 1.165) is 4.90 Å². The van der Waals surface area contributed by atoms with Crippen molar-refractivity contribution in [3.8, 4) is 11.5 Å². The molecule has 8 heteroatoms. The standard InChI is InChI=1S/C16H15N3O4S/c20-15(10-24-11-5-7-17-8-6-11)18-19-16(21)14-9-22-12-3-1-2-4-13(12)23-14/h1-8,14H,9-10H2,(H,18,20)(H,19,21)/t14-/m0/s1. The second kappa shape index (κ2) is 7.69. The van der Waals surface area contributed by atoms with E-state index in [1.807, 2.05) is 6.07 Å². The summed E-state index contributed by atoms with van der Waals surface area (Å²) >= 11 is 1.35. The Balaban J connectivity index is 1.43. The first-order valence-corrected chi connectivity index (χ1v) is 8.21. The fourth-order valence-corrected chi connectivity index (χ4v) is 2.66. The molecule has 2 N–H and O–H groups in total. The summed E-state index contributed by atoms with van der Waals surface area (Å²) in [5.41, 5.74) is 4.71. The number of carbonyl (C=O) groups is 2. The van der Waals surface area contributed by atoms with Crippen LogP contribution in [0.2, 0.25) is 0 Å². The van der Waals surface area contributed by atoms with Gasteiger partial charge in [-0.2, -0.15) is 0 Å². The fraction of sp³-hybridized carbons (Fsp3) is 0.188. The summed E-state index contributed by atoms with van der Waals surface area (Å²) in [7, 11) is 0. The van der Waals surface area contributed by atoms with Gasteiger partial charge in [-0.3, -0.25) is 25.4 Å². The van der Waals surface area contributed by atoms with Crippen LogP contribution in [0.3, 0.4) is 0 Å². The number of hydrazine groups is 1. The maximum atomic E-state index is 12.0. The third-order valence-electron chi connectivity index (χ3n) is 3.15. The Hall–Kier alpha value is -2.74. The first-order chi connectivity index (χ1) is 11.7. The van der Waals surface area contributed by atoms with Crippen LogP contribution in [0.4, 0.5) is 0 Å². The predicted molar refractivity (Wildman–Crippen MR) is 87.6 cm³/mol. The molecule has 0 saturated heterocycles. The number of fused-ring (bicyclic) bond motifs is 1. The summed E-state index contributed by atoms with van der Waals surface area (Å²) in [6.45, 7) is 0.0878. The Morgan fingerprint density at radius 2 is 1.88 bits per heavy atom. The number of para-hydroxylation sites is 2. The van der Waals surface area contributed by atoms with Gasteiger partial charge in [0.15, 0.2) is 11.5 Å². The topological polar surface area (TPSA) is 89.6 Å². The van der Waals surface area contributed by atoms with E-state index in [-0.39, 0.29) is 18.3 Å². The predicted octanol–water partition coefficient (Wildman–Crippen LogP) is 1.16. The van der Waals surface area contributed by atoms with Gasteiger partial charge >= 0.3 is 0 Å². The van der Waals surface area contributed by atoms with Crippen LogP contribution in [0.15, 0.2) is 53.7 Å². The maximum absolute atomic E-state index is 12.0. The molecule has 0 saturated carbocycles. The summed E-state index contributed by atoms with van der Waals surface area (Å²) in [4.78, 5) is 28.6. The van der Waals surface area contributed by atoms with E-state index < -0.39 is 12.0 Å². The molecular weight excluding hydrogens is 330 g/mol. The van der Waals surface area contributed by atoms with Gasteiger partial charge in [0.2, 0.25) is 12.0 Å². The Morgan fingerprint density at radius 3 is 2.67 bits per heavy atom. The van der Waals surface area contributed by atoms with Crippen molar-refractivity contribution < 1.29 is 19.1 Å². The van der Waals surface area contributed by atoms with Crippen molar-refractivity contribution in [3.05, 3.63) is 48.8 Å². The summed E-state index contributed by atoms with van der Waals surface area (Å²) < 4.78 is 11.0. The zero-order chi connectivity index (χ0) is 16.8. The lowest BCUT2D eigenvalue weighted by molar-refractivity contribution is -0.134. The van der Waals surface area contributed by atoms with Crippen LogP contribution in [0, 0.1) is 0 Å². The van der Waals surface area contributed by atoms with Crippen LogP contribution in [-0.4, -0.2) is 35.3 Å². The largest absolute Gasteiger partial charge is 0.485 e. The van der Waals surface area contributed by atoms with E-state index in [1.165, 1.54) is 11.8 Å². The van der Waals surface area contributed by atoms with Crippen LogP contribution in [0.25, 0.3) is 0 Å². The third kappa shape index (κ3) is 4.17. The number of hydrogen-bond donors (Lipinski definition) is 2. The molecule has 0 unspecified atom stereocenters. The van der Waals surface area contributed by atoms with Gasteiger partial charge in [0, 0.05) is 17.3 Å². The first kappa shape index (κ1) is 16.1. The van der Waals surface area contributed by atoms with Gasteiger partial charge in [0.05, 0.1) is 5.75 Å². The van der Waals surface area contributed by atoms with E-state index in [2.05, 4.69) is 15.8 Å². The van der Waals surface area contributed by atoms with Crippen LogP contribution < -0.4 is 20.3 Å². The number of ether oxygens (including phenoxy) is 2. The summed E-state index contributed by atoms with van der Waals surface area (Å²) in [5.74, 6) is 0.492. The molecule has 2 heterocycles. The molecule has 1 aliphatic rings. The van der Waals surface area contributed by atoms with Gasteiger partial charge in [0.1, 0.15) is 6.61 Å². The molecule has 24 heavy (non-hydrogen) atoms. The molecule has 2 amide bonds. The van der Waals surface area contributed by atoms with Gasteiger partial charge in [-0.25, -0.2) is 0 Å². The van der Waals surface area contributed by atoms with Gasteiger partial charge < -0.3 is 9.47 Å². The lowest BCUT2D eigenvalue weighted by Gasteiger charge is -2.25. The molecule has 1 aromatic heterocycles. The minimum atomic E-state index is -0.812. The number of hydrogen-bond acceptors (Lipinski definition) is 6. The van der Waals surface area contributed by atoms with Crippen molar-refractivity contribution in [2.24, 2.45) is 0 Å². The number of pyridine rings is 1. The van der Waals surface area contributed by atoms with Crippen LogP contribution >= 0.6 is 11.8 Å². The molecule has 1 atom stereocenters. The number of thioether (sulfide) groups is 1. The minimum Gasteiger partial charge on any atom is -0.485 e. The summed E-state index contributed by atoms with van der Waals surface area (Å²) in [5, 5.41) is 0. The van der Waals surface area contributed by atoms with Gasteiger partial charge in [-0.1, -0.05) is 12.1 Å². The van der Waals surface area contributed by atoms with Crippen LogP contribution in [-0.2, 0) is 9.59 Å². The van der Waals surface area contributed by atoms with Crippen molar-refractivity contribution in [2.45, 2.75) is 11.0 Å². The summed E-state index contributed by atoms with van der Waals surface area (Å²) in [6, 6.07) is 10.7. The molecular formula is C16H15N3O4S. The monoisotopic (exact) mass is 345 g/mol. The SMILES string of the molecule is O=C(CSc1ccncc1)NNC(=O)[C@@H]1COc2ccccc2O1. The van der Waals surface area contributed by atoms with Crippen molar-refractivity contribution >= 4 is 23.6 Å². The van der Waals surface area contributed by atoms with E-state index in [4.69, 9.17) is 9.47 Å². The maximum Gasteiger partial charge on any atom is 0.283 e. The molecule has 1 aromatic carbocycles. The number of amides is 2. The molecule has 0 bridgehead atoms. The minimum absolute atomic E-state index is 0.0878. The Morgan fingerprint density at radius 1 is 1.12 bits per heavy atom. The molecule has 0 fully saturated rings. The van der Waals surface area contributed by atoms with E-state index in [0.29, 0.717) is 11.5 Å². The van der Waals surface area contributed by atoms with Crippen molar-refractivity contribution in [1.29, 1.82) is 0 Å². The van der Waals surface area contributed by atoms with Crippen molar-refractivity contribution in [1.82, 2.24) is 15.8 Å². The van der Waals surface area contributed by atoms with Crippen LogP contribution in [0.5, 0.6) is 11.5 Å². The van der Waals surface area contributed by atoms with Crippen LogP contribution in [0.1, 0.15) is 0 Å². The highest BCUT2D eigenvalue weighted by molar-refractivity contribution is 8.00. The zero-order valence-electron chi connectivity index (χ0n) is 12.6. The number of benzene rings is 1. The van der Waals surface area contributed by atoms with E-state index in [9.17, 15) is 9.59 Å². The Kier molecular flexibility index (Phi) is 5.17. The smallest absolute Gasteiger partial charge is 0.283 e. The highest BCUT2D eigenvalue weighted by Gasteiger charge is 2.27. The fourth-order valence-electron chi connectivity index (χ4n) is 1.98. The highest BCUT2D eigenvalue weighted by atomic mass is 32.2. The van der Waals surface area contributed by atoms with Gasteiger partial charge in [-0.05, 0) is 24.3 Å². The molecule has 0 radical (unpaired) electrons. The molecule has 3 rings (SSSR count). The van der Waals surface area contributed by atoms with Gasteiger partial charge in [0.25, 0.3) is 5.91 Å². The molecule has 7 nitrogen and oxygen atoms in total. The highest BCUT2D eigenvalue weighted by Crippen LogP contribution is 2.30. The number of nitrogens with zero attached hydrogens (tertiary/aromatic N) is 1. The average molecular weight is 345 g/mol. The van der Waals surface area contributed by atoms with Crippen molar-refractivity contribution in [3.63, 3.8) is 0 Å². The normalized spacial score (nSPS) is 15.4. The first-order valence-electron chi connectivity index (χ1n) is 7.22. The Bertz CT molecular complexity index is 726. The lowest BCUT2D eigenvalue weighted by Crippen LogP contribution is -2.51. The lowest BCUT2D eigenvalue weighted by atomic mass is 10.2.